The van der Waals surface area contributed by atoms with Crippen LogP contribution < -0.4 is 0 Å². The maximum Gasteiger partial charge on any atom is 0.159 e. The summed E-state index contributed by atoms with van der Waals surface area (Å²) in [5.74, 6) is -1.97. The lowest BCUT2D eigenvalue weighted by molar-refractivity contribution is 0.508. The van der Waals surface area contributed by atoms with Crippen LogP contribution in [0.1, 0.15) is 11.1 Å². The molecule has 0 saturated heterocycles. The Hall–Kier alpha value is -2.25. The molecule has 0 radical (unpaired) electrons. The van der Waals surface area contributed by atoms with Crippen molar-refractivity contribution in [3.63, 3.8) is 0 Å². The van der Waals surface area contributed by atoms with Crippen molar-refractivity contribution in [1.29, 1.82) is 5.26 Å². The molecule has 1 heterocycles. The van der Waals surface area contributed by atoms with Crippen LogP contribution in [-0.2, 0) is 0 Å². The third-order valence-electron chi connectivity index (χ3n) is 2.47. The Kier molecular flexibility index (Phi) is 3.88. The van der Waals surface area contributed by atoms with Crippen LogP contribution >= 0.6 is 11.6 Å². The molecular formula is C14H7ClF2N2. The summed E-state index contributed by atoms with van der Waals surface area (Å²) in [5, 5.41) is 9.22. The number of allylic oxidation sites excluding steroid dienone is 1. The SMILES string of the molecule is N#C/C(=C(\Cl)c1ccc(F)c(F)c1)c1ccncc1. The smallest absolute Gasteiger partial charge is 0.159 e. The Morgan fingerprint density at radius 3 is 2.32 bits per heavy atom. The largest absolute Gasteiger partial charge is 0.265 e. The lowest BCUT2D eigenvalue weighted by Gasteiger charge is -2.04. The Labute approximate surface area is 113 Å². The van der Waals surface area contributed by atoms with E-state index in [0.717, 1.165) is 12.1 Å². The molecule has 0 spiro atoms. The number of rotatable bonds is 2. The molecule has 0 bridgehead atoms. The fourth-order valence-electron chi connectivity index (χ4n) is 1.54. The zero-order valence-corrected chi connectivity index (χ0v) is 10.3. The first-order chi connectivity index (χ1) is 9.13. The predicted molar refractivity (Wildman–Crippen MR) is 68.9 cm³/mol. The fourth-order valence-corrected chi connectivity index (χ4v) is 1.80. The van der Waals surface area contributed by atoms with Crippen LogP contribution in [-0.4, -0.2) is 4.98 Å². The average Bonchev–Trinajstić information content (AvgIpc) is 2.44. The molecule has 0 aliphatic carbocycles. The van der Waals surface area contributed by atoms with E-state index in [0.29, 0.717) is 5.56 Å². The molecule has 2 aromatic rings. The Morgan fingerprint density at radius 2 is 1.74 bits per heavy atom. The van der Waals surface area contributed by atoms with Crippen LogP contribution in [0.3, 0.4) is 0 Å². The number of hydrogen-bond acceptors (Lipinski definition) is 2. The summed E-state index contributed by atoms with van der Waals surface area (Å²) in [4.78, 5) is 3.84. The van der Waals surface area contributed by atoms with E-state index in [1.807, 2.05) is 6.07 Å². The average molecular weight is 277 g/mol. The van der Waals surface area contributed by atoms with E-state index in [-0.39, 0.29) is 16.2 Å². The molecule has 2 rings (SSSR count). The molecule has 0 fully saturated rings. The number of aromatic nitrogens is 1. The monoisotopic (exact) mass is 276 g/mol. The highest BCUT2D eigenvalue weighted by Crippen LogP contribution is 2.29. The molecule has 0 aliphatic heterocycles. The van der Waals surface area contributed by atoms with Crippen molar-refractivity contribution in [3.05, 3.63) is 65.5 Å². The molecule has 5 heteroatoms. The zero-order valence-electron chi connectivity index (χ0n) is 9.57. The normalized spacial score (nSPS) is 11.7. The minimum absolute atomic E-state index is 0.0626. The van der Waals surface area contributed by atoms with Crippen molar-refractivity contribution in [2.24, 2.45) is 0 Å². The molecule has 0 saturated carbocycles. The molecule has 0 aliphatic rings. The maximum atomic E-state index is 13.2. The van der Waals surface area contributed by atoms with Crippen LogP contribution in [0.15, 0.2) is 42.7 Å². The summed E-state index contributed by atoms with van der Waals surface area (Å²) in [6, 6.07) is 8.42. The second-order valence-electron chi connectivity index (χ2n) is 3.67. The van der Waals surface area contributed by atoms with Gasteiger partial charge in [-0.25, -0.2) is 8.78 Å². The second-order valence-corrected chi connectivity index (χ2v) is 4.04. The second kappa shape index (κ2) is 5.59. The lowest BCUT2D eigenvalue weighted by Crippen LogP contribution is -1.90. The van der Waals surface area contributed by atoms with Gasteiger partial charge in [-0.15, -0.1) is 0 Å². The number of benzene rings is 1. The molecular weight excluding hydrogens is 270 g/mol. The van der Waals surface area contributed by atoms with E-state index in [1.165, 1.54) is 18.5 Å². The maximum absolute atomic E-state index is 13.2. The van der Waals surface area contributed by atoms with Gasteiger partial charge in [0.25, 0.3) is 0 Å². The highest BCUT2D eigenvalue weighted by Gasteiger charge is 2.11. The van der Waals surface area contributed by atoms with E-state index in [9.17, 15) is 8.78 Å². The van der Waals surface area contributed by atoms with Gasteiger partial charge in [-0.05, 0) is 35.4 Å². The Bertz CT molecular complexity index is 676. The van der Waals surface area contributed by atoms with Crippen molar-refractivity contribution in [2.45, 2.75) is 0 Å². The van der Waals surface area contributed by atoms with Gasteiger partial charge in [-0.2, -0.15) is 5.26 Å². The van der Waals surface area contributed by atoms with Crippen LogP contribution in [0.4, 0.5) is 8.78 Å². The molecule has 0 unspecified atom stereocenters. The van der Waals surface area contributed by atoms with Crippen molar-refractivity contribution in [3.8, 4) is 6.07 Å². The summed E-state index contributed by atoms with van der Waals surface area (Å²) in [6.07, 6.45) is 3.03. The number of nitriles is 1. The van der Waals surface area contributed by atoms with Crippen LogP contribution in [0, 0.1) is 23.0 Å². The van der Waals surface area contributed by atoms with Gasteiger partial charge in [-0.1, -0.05) is 17.7 Å². The van der Waals surface area contributed by atoms with E-state index < -0.39 is 11.6 Å². The highest BCUT2D eigenvalue weighted by molar-refractivity contribution is 6.53. The highest BCUT2D eigenvalue weighted by atomic mass is 35.5. The Balaban J connectivity index is 2.56. The van der Waals surface area contributed by atoms with Crippen molar-refractivity contribution >= 4 is 22.2 Å². The van der Waals surface area contributed by atoms with Gasteiger partial charge in [0, 0.05) is 12.4 Å². The van der Waals surface area contributed by atoms with Gasteiger partial charge in [0.1, 0.15) is 6.07 Å². The minimum atomic E-state index is -1.01. The van der Waals surface area contributed by atoms with Gasteiger partial charge in [-0.3, -0.25) is 4.98 Å². The number of nitrogens with zero attached hydrogens (tertiary/aromatic N) is 2. The van der Waals surface area contributed by atoms with Crippen molar-refractivity contribution < 1.29 is 8.78 Å². The predicted octanol–water partition coefficient (Wildman–Crippen LogP) is 3.99. The molecule has 1 aromatic heterocycles. The van der Waals surface area contributed by atoms with E-state index >= 15 is 0 Å². The zero-order chi connectivity index (χ0) is 13.8. The van der Waals surface area contributed by atoms with E-state index in [1.54, 1.807) is 12.1 Å². The summed E-state index contributed by atoms with van der Waals surface area (Å²) >= 11 is 6.08. The molecule has 0 amide bonds. The first kappa shape index (κ1) is 13.2. The molecule has 0 N–H and O–H groups in total. The third-order valence-corrected chi connectivity index (χ3v) is 2.88. The minimum Gasteiger partial charge on any atom is -0.265 e. The third kappa shape index (κ3) is 2.78. The number of halogens is 3. The summed E-state index contributed by atoms with van der Waals surface area (Å²) < 4.78 is 26.0. The van der Waals surface area contributed by atoms with Crippen molar-refractivity contribution in [2.75, 3.05) is 0 Å². The standard InChI is InChI=1S/C14H7ClF2N2/c15-14(10-1-2-12(16)13(17)7-10)11(8-18)9-3-5-19-6-4-9/h1-7H/b14-11+. The number of pyridine rings is 1. The summed E-state index contributed by atoms with van der Waals surface area (Å²) in [7, 11) is 0. The van der Waals surface area contributed by atoms with Crippen molar-refractivity contribution in [1.82, 2.24) is 4.98 Å². The molecule has 2 nitrogen and oxygen atoms in total. The first-order valence-corrected chi connectivity index (χ1v) is 5.67. The van der Waals surface area contributed by atoms with Crippen LogP contribution in [0.5, 0.6) is 0 Å². The first-order valence-electron chi connectivity index (χ1n) is 5.29. The van der Waals surface area contributed by atoms with Gasteiger partial charge >= 0.3 is 0 Å². The van der Waals surface area contributed by atoms with Gasteiger partial charge in [0.15, 0.2) is 11.6 Å². The molecule has 0 atom stereocenters. The molecule has 94 valence electrons. The molecule has 1 aromatic carbocycles. The van der Waals surface area contributed by atoms with Gasteiger partial charge < -0.3 is 0 Å². The van der Waals surface area contributed by atoms with Crippen LogP contribution in [0.25, 0.3) is 10.6 Å². The lowest BCUT2D eigenvalue weighted by atomic mass is 10.0. The van der Waals surface area contributed by atoms with Gasteiger partial charge in [0.05, 0.1) is 10.6 Å². The molecule has 19 heavy (non-hydrogen) atoms. The Morgan fingerprint density at radius 1 is 1.05 bits per heavy atom. The summed E-state index contributed by atoms with van der Waals surface area (Å²) in [5.41, 5.74) is 0.983. The van der Waals surface area contributed by atoms with Gasteiger partial charge in [0.2, 0.25) is 0 Å². The quantitative estimate of drug-likeness (QED) is 0.778. The van der Waals surface area contributed by atoms with Crippen LogP contribution in [0.2, 0.25) is 0 Å². The topological polar surface area (TPSA) is 36.7 Å². The van der Waals surface area contributed by atoms with E-state index in [4.69, 9.17) is 16.9 Å². The summed E-state index contributed by atoms with van der Waals surface area (Å²) in [6.45, 7) is 0. The fraction of sp³-hybridized carbons (Fsp3) is 0. The van der Waals surface area contributed by atoms with E-state index in [2.05, 4.69) is 4.98 Å². The number of hydrogen-bond donors (Lipinski definition) is 0.